The summed E-state index contributed by atoms with van der Waals surface area (Å²) in [5.74, 6) is -0.970. The standard InChI is InChI=1S/C25H27N3O3.C3H6.H2S2/c1-17-18(2)28(25(31)26-17)22-12-14-27(15-13-22)16-19-8-10-21(11-9-19)24(30)23(29)20-6-4-3-5-7-20;1-3-2;1-2/h3-11,22H,12-16H2,1-2H3,(H,26,31);3H,1H2,2H3;1-2H. The van der Waals surface area contributed by atoms with Gasteiger partial charge in [0.2, 0.25) is 11.6 Å². The lowest BCUT2D eigenvalue weighted by Crippen LogP contribution is -2.37. The van der Waals surface area contributed by atoms with E-state index >= 15 is 0 Å². The number of aromatic amines is 1. The number of nitrogens with zero attached hydrogens (tertiary/aromatic N) is 2. The molecule has 1 aliphatic heterocycles. The van der Waals surface area contributed by atoms with Gasteiger partial charge in [0.25, 0.3) is 0 Å². The Hall–Kier alpha value is -2.81. The molecule has 0 atom stereocenters. The molecule has 36 heavy (non-hydrogen) atoms. The number of carbonyl (C=O) groups excluding carboxylic acids is 2. The number of likely N-dealkylation sites (tertiary alicyclic amines) is 1. The average molecular weight is 526 g/mol. The number of carbonyl (C=O) groups is 2. The fourth-order valence-electron chi connectivity index (χ4n) is 4.29. The second kappa shape index (κ2) is 14.7. The Morgan fingerprint density at radius 1 is 0.972 bits per heavy atom. The fourth-order valence-corrected chi connectivity index (χ4v) is 4.29. The van der Waals surface area contributed by atoms with Gasteiger partial charge in [-0.25, -0.2) is 4.79 Å². The Morgan fingerprint density at radius 3 is 1.94 bits per heavy atom. The van der Waals surface area contributed by atoms with E-state index in [2.05, 4.69) is 39.8 Å². The van der Waals surface area contributed by atoms with E-state index in [1.54, 1.807) is 42.5 Å². The Balaban J connectivity index is 0.000000850. The maximum absolute atomic E-state index is 12.5. The minimum Gasteiger partial charge on any atom is -0.310 e. The van der Waals surface area contributed by atoms with Crippen LogP contribution in [-0.2, 0) is 6.54 Å². The van der Waals surface area contributed by atoms with Gasteiger partial charge in [0.1, 0.15) is 0 Å². The number of benzene rings is 2. The average Bonchev–Trinajstić information content (AvgIpc) is 3.17. The molecule has 192 valence electrons. The van der Waals surface area contributed by atoms with Gasteiger partial charge in [-0.2, -0.15) is 0 Å². The third-order valence-corrected chi connectivity index (χ3v) is 6.20. The number of aryl methyl sites for hydroxylation is 1. The quantitative estimate of drug-likeness (QED) is 0.128. The Bertz CT molecular complexity index is 1190. The van der Waals surface area contributed by atoms with Crippen LogP contribution in [0.15, 0.2) is 72.0 Å². The summed E-state index contributed by atoms with van der Waals surface area (Å²) < 4.78 is 1.90. The molecular formula is C28H35N3O3S2. The Kier molecular flexibility index (Phi) is 12.0. The number of allylic oxidation sites excluding steroid dienone is 1. The molecule has 6 nitrogen and oxygen atoms in total. The third kappa shape index (κ3) is 7.59. The first-order valence-corrected chi connectivity index (χ1v) is 13.5. The van der Waals surface area contributed by atoms with E-state index in [1.165, 1.54) is 0 Å². The summed E-state index contributed by atoms with van der Waals surface area (Å²) in [6.45, 7) is 11.8. The van der Waals surface area contributed by atoms with Crippen LogP contribution in [0.2, 0.25) is 0 Å². The van der Waals surface area contributed by atoms with Crippen LogP contribution in [-0.4, -0.2) is 39.1 Å². The summed E-state index contributed by atoms with van der Waals surface area (Å²) >= 11 is 6.44. The molecule has 1 aliphatic rings. The highest BCUT2D eigenvalue weighted by Gasteiger charge is 2.24. The summed E-state index contributed by atoms with van der Waals surface area (Å²) in [5, 5.41) is 0. The molecule has 0 spiro atoms. The van der Waals surface area contributed by atoms with Crippen LogP contribution in [0.1, 0.15) is 63.5 Å². The number of imidazole rings is 1. The molecule has 0 aliphatic carbocycles. The molecule has 8 heteroatoms. The lowest BCUT2D eigenvalue weighted by Gasteiger charge is -2.32. The van der Waals surface area contributed by atoms with E-state index in [0.29, 0.717) is 11.1 Å². The number of ketones is 2. The smallest absolute Gasteiger partial charge is 0.310 e. The SMILES string of the molecule is C=CC.Cc1[nH]c(=O)n(C2CCN(Cc3ccc(C(=O)C(=O)c4ccccc4)cc3)CC2)c1C.SS. The summed E-state index contributed by atoms with van der Waals surface area (Å²) in [7, 11) is 0. The molecule has 1 fully saturated rings. The summed E-state index contributed by atoms with van der Waals surface area (Å²) in [4.78, 5) is 42.3. The van der Waals surface area contributed by atoms with E-state index in [4.69, 9.17) is 0 Å². The van der Waals surface area contributed by atoms with Gasteiger partial charge in [-0.1, -0.05) is 60.7 Å². The topological polar surface area (TPSA) is 75.2 Å². The molecular weight excluding hydrogens is 490 g/mol. The molecule has 0 radical (unpaired) electrons. The van der Waals surface area contributed by atoms with Gasteiger partial charge in [-0.05, 0) is 39.2 Å². The van der Waals surface area contributed by atoms with Crippen molar-refractivity contribution in [3.8, 4) is 0 Å². The van der Waals surface area contributed by atoms with E-state index in [-0.39, 0.29) is 11.7 Å². The van der Waals surface area contributed by atoms with Crippen molar-refractivity contribution in [2.75, 3.05) is 13.1 Å². The Labute approximate surface area is 223 Å². The first-order valence-electron chi connectivity index (χ1n) is 11.9. The van der Waals surface area contributed by atoms with E-state index in [0.717, 1.165) is 49.4 Å². The number of rotatable bonds is 6. The molecule has 0 unspecified atom stereocenters. The van der Waals surface area contributed by atoms with Crippen LogP contribution in [0.4, 0.5) is 0 Å². The molecule has 4 rings (SSSR count). The largest absolute Gasteiger partial charge is 0.326 e. The molecule has 1 N–H and O–H groups in total. The number of aromatic nitrogens is 2. The third-order valence-electron chi connectivity index (χ3n) is 6.20. The molecule has 0 bridgehead atoms. The van der Waals surface area contributed by atoms with Crippen molar-refractivity contribution >= 4 is 34.9 Å². The molecule has 0 amide bonds. The highest BCUT2D eigenvalue weighted by Crippen LogP contribution is 2.24. The van der Waals surface area contributed by atoms with Crippen molar-refractivity contribution in [2.45, 2.75) is 46.2 Å². The second-order valence-corrected chi connectivity index (χ2v) is 8.65. The van der Waals surface area contributed by atoms with Crippen LogP contribution in [0.5, 0.6) is 0 Å². The van der Waals surface area contributed by atoms with E-state index in [1.807, 2.05) is 43.5 Å². The van der Waals surface area contributed by atoms with Crippen LogP contribution in [0, 0.1) is 13.8 Å². The molecule has 1 aromatic heterocycles. The van der Waals surface area contributed by atoms with Gasteiger partial charge in [-0.3, -0.25) is 19.1 Å². The zero-order chi connectivity index (χ0) is 26.7. The van der Waals surface area contributed by atoms with Gasteiger partial charge in [0.05, 0.1) is 0 Å². The lowest BCUT2D eigenvalue weighted by molar-refractivity contribution is 0.0817. The number of hydrogen-bond donors (Lipinski definition) is 3. The molecule has 3 aromatic rings. The summed E-state index contributed by atoms with van der Waals surface area (Å²) in [6, 6.07) is 16.2. The maximum Gasteiger partial charge on any atom is 0.326 e. The van der Waals surface area contributed by atoms with Crippen molar-refractivity contribution in [1.82, 2.24) is 14.5 Å². The predicted octanol–water partition coefficient (Wildman–Crippen LogP) is 5.65. The normalized spacial score (nSPS) is 13.6. The van der Waals surface area contributed by atoms with Crippen molar-refractivity contribution in [2.24, 2.45) is 0 Å². The monoisotopic (exact) mass is 525 g/mol. The van der Waals surface area contributed by atoms with E-state index < -0.39 is 11.6 Å². The number of Topliss-reactive ketones (excluding diaryl/α,β-unsaturated/α-hetero) is 2. The van der Waals surface area contributed by atoms with Gasteiger partial charge >= 0.3 is 5.69 Å². The zero-order valence-electron chi connectivity index (χ0n) is 21.1. The molecule has 0 saturated carbocycles. The van der Waals surface area contributed by atoms with Gasteiger partial charge in [0.15, 0.2) is 0 Å². The van der Waals surface area contributed by atoms with Crippen molar-refractivity contribution < 1.29 is 9.59 Å². The van der Waals surface area contributed by atoms with Crippen LogP contribution < -0.4 is 5.69 Å². The lowest BCUT2D eigenvalue weighted by atomic mass is 10.00. The second-order valence-electron chi connectivity index (χ2n) is 8.65. The maximum atomic E-state index is 12.5. The molecule has 1 saturated heterocycles. The summed E-state index contributed by atoms with van der Waals surface area (Å²) in [5.41, 5.74) is 3.87. The van der Waals surface area contributed by atoms with Crippen molar-refractivity contribution in [1.29, 1.82) is 0 Å². The van der Waals surface area contributed by atoms with Crippen molar-refractivity contribution in [3.63, 3.8) is 0 Å². The zero-order valence-corrected chi connectivity index (χ0v) is 22.9. The van der Waals surface area contributed by atoms with Crippen molar-refractivity contribution in [3.05, 3.63) is 106 Å². The highest BCUT2D eigenvalue weighted by atomic mass is 33.1. The minimum absolute atomic E-state index is 0.0150. The van der Waals surface area contributed by atoms with Gasteiger partial charge < -0.3 is 4.98 Å². The van der Waals surface area contributed by atoms with Gasteiger partial charge in [-0.15, -0.1) is 29.9 Å². The number of hydrogen-bond acceptors (Lipinski definition) is 6. The van der Waals surface area contributed by atoms with E-state index in [9.17, 15) is 14.4 Å². The van der Waals surface area contributed by atoms with Crippen LogP contribution in [0.25, 0.3) is 0 Å². The predicted molar refractivity (Wildman–Crippen MR) is 153 cm³/mol. The number of piperidine rings is 1. The first kappa shape index (κ1) is 29.4. The first-order chi connectivity index (χ1) is 17.3. The number of thiol groups is 2. The van der Waals surface area contributed by atoms with Crippen LogP contribution in [0.3, 0.4) is 0 Å². The van der Waals surface area contributed by atoms with Crippen LogP contribution >= 0.6 is 23.3 Å². The fraction of sp³-hybridized carbons (Fsp3) is 0.321. The van der Waals surface area contributed by atoms with Gasteiger partial charge in [0, 0.05) is 48.2 Å². The summed E-state index contributed by atoms with van der Waals surface area (Å²) in [6.07, 6.45) is 3.61. The molecule has 2 aromatic carbocycles. The highest BCUT2D eigenvalue weighted by molar-refractivity contribution is 8.59. The number of H-pyrrole nitrogens is 1. The number of nitrogens with one attached hydrogen (secondary N) is 1. The molecule has 2 heterocycles. The Morgan fingerprint density at radius 2 is 1.47 bits per heavy atom. The minimum atomic E-state index is -0.485.